The predicted molar refractivity (Wildman–Crippen MR) is 76.8 cm³/mol. The molecule has 0 radical (unpaired) electrons. The number of hydrogen-bond acceptors (Lipinski definition) is 2. The Kier molecular flexibility index (Phi) is 3.84. The molecule has 1 amide bonds. The Balaban J connectivity index is 1.52. The van der Waals surface area contributed by atoms with Gasteiger partial charge >= 0.3 is 0 Å². The van der Waals surface area contributed by atoms with Crippen molar-refractivity contribution < 1.29 is 4.79 Å². The third kappa shape index (κ3) is 2.81. The number of nitrogens with zero attached hydrogens (tertiary/aromatic N) is 1. The summed E-state index contributed by atoms with van der Waals surface area (Å²) >= 11 is 0. The number of fused-ring (bicyclic) bond motifs is 2. The Bertz CT molecular complexity index is 344. The number of rotatable bonds is 3. The van der Waals surface area contributed by atoms with Crippen molar-refractivity contribution in [2.24, 2.45) is 23.7 Å². The van der Waals surface area contributed by atoms with Gasteiger partial charge in [-0.05, 0) is 62.3 Å². The normalized spacial score (nSPS) is 41.5. The predicted octanol–water partition coefficient (Wildman–Crippen LogP) is 2.27. The fraction of sp³-hybridized carbons (Fsp3) is 0.938. The number of hydrogen-bond donors (Lipinski definition) is 1. The van der Waals surface area contributed by atoms with Crippen LogP contribution in [0.4, 0.5) is 0 Å². The van der Waals surface area contributed by atoms with Crippen LogP contribution in [0.25, 0.3) is 0 Å². The number of carbonyl (C=O) groups excluding carboxylic acids is 1. The van der Waals surface area contributed by atoms with Crippen LogP contribution >= 0.6 is 0 Å². The van der Waals surface area contributed by atoms with Crippen molar-refractivity contribution in [3.63, 3.8) is 0 Å². The number of amides is 1. The maximum atomic E-state index is 12.5. The van der Waals surface area contributed by atoms with Crippen molar-refractivity contribution in [3.8, 4) is 0 Å². The van der Waals surface area contributed by atoms with Gasteiger partial charge in [-0.3, -0.25) is 4.79 Å². The Morgan fingerprint density at radius 2 is 2.05 bits per heavy atom. The van der Waals surface area contributed by atoms with E-state index in [2.05, 4.69) is 12.2 Å². The molecular weight excluding hydrogens is 236 g/mol. The first-order valence-corrected chi connectivity index (χ1v) is 8.12. The summed E-state index contributed by atoms with van der Waals surface area (Å²) in [5, 5.41) is 3.40. The Labute approximate surface area is 117 Å². The van der Waals surface area contributed by atoms with Gasteiger partial charge in [-0.15, -0.1) is 0 Å². The molecule has 2 aliphatic carbocycles. The third-order valence-electron chi connectivity index (χ3n) is 5.73. The van der Waals surface area contributed by atoms with Gasteiger partial charge in [0.25, 0.3) is 0 Å². The minimum Gasteiger partial charge on any atom is -0.344 e. The zero-order chi connectivity index (χ0) is 13.4. The minimum absolute atomic E-state index is 0.0762. The first kappa shape index (κ1) is 13.4. The largest absolute Gasteiger partial charge is 0.344 e. The van der Waals surface area contributed by atoms with Gasteiger partial charge in [0, 0.05) is 13.6 Å². The van der Waals surface area contributed by atoms with E-state index < -0.39 is 0 Å². The standard InChI is InChI=1S/C16H28N2O/c1-11-5-6-17-15(7-11)16(19)18(2)10-14-9-12-3-4-13(14)8-12/h11-15,17H,3-10H2,1-2H3. The van der Waals surface area contributed by atoms with Crippen LogP contribution in [-0.2, 0) is 4.79 Å². The van der Waals surface area contributed by atoms with E-state index in [1.807, 2.05) is 11.9 Å². The van der Waals surface area contributed by atoms with Crippen molar-refractivity contribution in [3.05, 3.63) is 0 Å². The lowest BCUT2D eigenvalue weighted by molar-refractivity contribution is -0.133. The molecule has 108 valence electrons. The van der Waals surface area contributed by atoms with Gasteiger partial charge in [-0.25, -0.2) is 0 Å². The summed E-state index contributed by atoms with van der Waals surface area (Å²) < 4.78 is 0. The minimum atomic E-state index is 0.0762. The van der Waals surface area contributed by atoms with Gasteiger partial charge < -0.3 is 10.2 Å². The fourth-order valence-corrected chi connectivity index (χ4v) is 4.60. The molecule has 0 aromatic rings. The lowest BCUT2D eigenvalue weighted by Gasteiger charge is -2.33. The molecule has 0 aromatic heterocycles. The highest BCUT2D eigenvalue weighted by Crippen LogP contribution is 2.48. The molecular formula is C16H28N2O. The van der Waals surface area contributed by atoms with Crippen LogP contribution in [0.3, 0.4) is 0 Å². The Morgan fingerprint density at radius 3 is 2.68 bits per heavy atom. The number of piperidine rings is 1. The van der Waals surface area contributed by atoms with Crippen molar-refractivity contribution in [2.45, 2.75) is 51.5 Å². The summed E-state index contributed by atoms with van der Waals surface area (Å²) in [6.45, 7) is 4.25. The molecule has 0 aromatic carbocycles. The maximum Gasteiger partial charge on any atom is 0.239 e. The highest BCUT2D eigenvalue weighted by atomic mass is 16.2. The summed E-state index contributed by atoms with van der Waals surface area (Å²) in [6, 6.07) is 0.0762. The van der Waals surface area contributed by atoms with E-state index in [-0.39, 0.29) is 6.04 Å². The van der Waals surface area contributed by atoms with E-state index in [0.717, 1.165) is 37.3 Å². The van der Waals surface area contributed by atoms with E-state index >= 15 is 0 Å². The topological polar surface area (TPSA) is 32.3 Å². The SMILES string of the molecule is CC1CCNC(C(=O)N(C)CC2CC3CCC2C3)C1. The molecule has 3 nitrogen and oxygen atoms in total. The van der Waals surface area contributed by atoms with Crippen LogP contribution in [0.15, 0.2) is 0 Å². The van der Waals surface area contributed by atoms with Gasteiger partial charge in [0.15, 0.2) is 0 Å². The summed E-state index contributed by atoms with van der Waals surface area (Å²) in [6.07, 6.45) is 7.89. The highest BCUT2D eigenvalue weighted by molar-refractivity contribution is 5.81. The van der Waals surface area contributed by atoms with Gasteiger partial charge in [0.05, 0.1) is 6.04 Å². The molecule has 1 heterocycles. The third-order valence-corrected chi connectivity index (χ3v) is 5.73. The molecule has 2 bridgehead atoms. The lowest BCUT2D eigenvalue weighted by Crippen LogP contribution is -2.50. The van der Waals surface area contributed by atoms with Crippen LogP contribution in [0.1, 0.15) is 45.4 Å². The van der Waals surface area contributed by atoms with Crippen LogP contribution in [0, 0.1) is 23.7 Å². The number of likely N-dealkylation sites (N-methyl/N-ethyl adjacent to an activating group) is 1. The molecule has 0 spiro atoms. The zero-order valence-corrected chi connectivity index (χ0v) is 12.4. The van der Waals surface area contributed by atoms with Crippen molar-refractivity contribution in [1.82, 2.24) is 10.2 Å². The van der Waals surface area contributed by atoms with Gasteiger partial charge in [-0.1, -0.05) is 13.3 Å². The van der Waals surface area contributed by atoms with Crippen molar-refractivity contribution in [1.29, 1.82) is 0 Å². The molecule has 3 rings (SSSR count). The van der Waals surface area contributed by atoms with E-state index in [0.29, 0.717) is 11.8 Å². The molecule has 3 heteroatoms. The smallest absolute Gasteiger partial charge is 0.239 e. The summed E-state index contributed by atoms with van der Waals surface area (Å²) in [5.74, 6) is 3.69. The molecule has 1 saturated heterocycles. The van der Waals surface area contributed by atoms with E-state index in [1.165, 1.54) is 32.1 Å². The van der Waals surface area contributed by atoms with Crippen LogP contribution in [-0.4, -0.2) is 37.0 Å². The molecule has 1 aliphatic heterocycles. The summed E-state index contributed by atoms with van der Waals surface area (Å²) in [7, 11) is 2.01. The van der Waals surface area contributed by atoms with Crippen LogP contribution in [0.5, 0.6) is 0 Å². The van der Waals surface area contributed by atoms with Crippen molar-refractivity contribution in [2.75, 3.05) is 20.1 Å². The molecule has 2 saturated carbocycles. The quantitative estimate of drug-likeness (QED) is 0.848. The zero-order valence-electron chi connectivity index (χ0n) is 12.4. The second-order valence-electron chi connectivity index (χ2n) is 7.29. The number of nitrogens with one attached hydrogen (secondary N) is 1. The average molecular weight is 264 g/mol. The maximum absolute atomic E-state index is 12.5. The van der Waals surface area contributed by atoms with Gasteiger partial charge in [0.2, 0.25) is 5.91 Å². The van der Waals surface area contributed by atoms with E-state index in [1.54, 1.807) is 0 Å². The fourth-order valence-electron chi connectivity index (χ4n) is 4.60. The summed E-state index contributed by atoms with van der Waals surface area (Å²) in [4.78, 5) is 14.5. The summed E-state index contributed by atoms with van der Waals surface area (Å²) in [5.41, 5.74) is 0. The first-order valence-electron chi connectivity index (χ1n) is 8.12. The van der Waals surface area contributed by atoms with Gasteiger partial charge in [0.1, 0.15) is 0 Å². The molecule has 5 atom stereocenters. The van der Waals surface area contributed by atoms with Crippen molar-refractivity contribution >= 4 is 5.91 Å². The Morgan fingerprint density at radius 1 is 1.21 bits per heavy atom. The van der Waals surface area contributed by atoms with Crippen LogP contribution < -0.4 is 5.32 Å². The molecule has 3 fully saturated rings. The lowest BCUT2D eigenvalue weighted by atomic mass is 9.88. The second kappa shape index (κ2) is 5.43. The van der Waals surface area contributed by atoms with E-state index in [9.17, 15) is 4.79 Å². The van der Waals surface area contributed by atoms with Gasteiger partial charge in [-0.2, -0.15) is 0 Å². The Hall–Kier alpha value is -0.570. The molecule has 19 heavy (non-hydrogen) atoms. The molecule has 5 unspecified atom stereocenters. The monoisotopic (exact) mass is 264 g/mol. The highest BCUT2D eigenvalue weighted by Gasteiger charge is 2.40. The second-order valence-corrected chi connectivity index (χ2v) is 7.29. The molecule has 1 N–H and O–H groups in total. The van der Waals surface area contributed by atoms with E-state index in [4.69, 9.17) is 0 Å². The first-order chi connectivity index (χ1) is 9.13. The van der Waals surface area contributed by atoms with Crippen LogP contribution in [0.2, 0.25) is 0 Å². The number of carbonyl (C=O) groups is 1. The molecule has 3 aliphatic rings. The average Bonchev–Trinajstić information content (AvgIpc) is 3.00.